The van der Waals surface area contributed by atoms with Crippen LogP contribution in [-0.4, -0.2) is 36.6 Å². The van der Waals surface area contributed by atoms with Crippen molar-refractivity contribution in [2.45, 2.75) is 26.1 Å². The molecular weight excluding hydrogens is 226 g/mol. The molecule has 1 aromatic carbocycles. The smallest absolute Gasteiger partial charge is 0.242 e. The Hall–Kier alpha value is -1.39. The molecule has 18 heavy (non-hydrogen) atoms. The van der Waals surface area contributed by atoms with E-state index in [1.54, 1.807) is 0 Å². The van der Waals surface area contributed by atoms with E-state index in [-0.39, 0.29) is 17.9 Å². The molecule has 2 N–H and O–H groups in total. The van der Waals surface area contributed by atoms with Crippen molar-refractivity contribution in [1.82, 2.24) is 10.2 Å². The molecule has 4 nitrogen and oxygen atoms in total. The third kappa shape index (κ3) is 3.09. The molecule has 0 saturated carbocycles. The highest BCUT2D eigenvalue weighted by molar-refractivity contribution is 5.95. The van der Waals surface area contributed by atoms with Crippen molar-refractivity contribution in [3.63, 3.8) is 0 Å². The first-order valence-corrected chi connectivity index (χ1v) is 6.41. The van der Waals surface area contributed by atoms with E-state index >= 15 is 0 Å². The summed E-state index contributed by atoms with van der Waals surface area (Å²) in [6.45, 7) is 5.13. The Bertz CT molecular complexity index is 401. The molecule has 4 heteroatoms. The SMILES string of the molecule is CC(C)[C@@H](C(=O)Nc1ccccc1)N(C)[C@@H]1CN1. The number of para-hydroxylation sites is 1. The minimum atomic E-state index is -0.106. The van der Waals surface area contributed by atoms with Crippen LogP contribution in [0.1, 0.15) is 13.8 Å². The lowest BCUT2D eigenvalue weighted by molar-refractivity contribution is -0.122. The van der Waals surface area contributed by atoms with E-state index in [2.05, 4.69) is 29.4 Å². The summed E-state index contributed by atoms with van der Waals surface area (Å²) in [6, 6.07) is 9.49. The minimum absolute atomic E-state index is 0.0624. The summed E-state index contributed by atoms with van der Waals surface area (Å²) in [5.41, 5.74) is 0.852. The van der Waals surface area contributed by atoms with Gasteiger partial charge in [-0.3, -0.25) is 15.0 Å². The van der Waals surface area contributed by atoms with Gasteiger partial charge in [0.1, 0.15) is 0 Å². The second-order valence-corrected chi connectivity index (χ2v) is 5.13. The van der Waals surface area contributed by atoms with Crippen LogP contribution in [0.3, 0.4) is 0 Å². The summed E-state index contributed by atoms with van der Waals surface area (Å²) in [7, 11) is 2.00. The lowest BCUT2D eigenvalue weighted by atomic mass is 10.0. The zero-order valence-corrected chi connectivity index (χ0v) is 11.2. The Morgan fingerprint density at radius 2 is 2.00 bits per heavy atom. The van der Waals surface area contributed by atoms with Crippen molar-refractivity contribution in [2.75, 3.05) is 18.9 Å². The van der Waals surface area contributed by atoms with Gasteiger partial charge in [-0.25, -0.2) is 0 Å². The summed E-state index contributed by atoms with van der Waals surface area (Å²) < 4.78 is 0. The molecule has 0 aliphatic carbocycles. The Kier molecular flexibility index (Phi) is 3.99. The number of hydrogen-bond donors (Lipinski definition) is 2. The average molecular weight is 247 g/mol. The van der Waals surface area contributed by atoms with Crippen LogP contribution in [0, 0.1) is 5.92 Å². The zero-order chi connectivity index (χ0) is 13.1. The van der Waals surface area contributed by atoms with Crippen LogP contribution in [0.4, 0.5) is 5.69 Å². The van der Waals surface area contributed by atoms with E-state index in [9.17, 15) is 4.79 Å². The highest BCUT2D eigenvalue weighted by Crippen LogP contribution is 2.17. The predicted molar refractivity (Wildman–Crippen MR) is 73.3 cm³/mol. The molecule has 1 heterocycles. The summed E-state index contributed by atoms with van der Waals surface area (Å²) >= 11 is 0. The van der Waals surface area contributed by atoms with Crippen molar-refractivity contribution in [3.05, 3.63) is 30.3 Å². The van der Waals surface area contributed by atoms with Gasteiger partial charge >= 0.3 is 0 Å². The van der Waals surface area contributed by atoms with Gasteiger partial charge in [0, 0.05) is 12.2 Å². The van der Waals surface area contributed by atoms with E-state index in [4.69, 9.17) is 0 Å². The number of rotatable bonds is 5. The van der Waals surface area contributed by atoms with E-state index in [0.717, 1.165) is 12.2 Å². The van der Waals surface area contributed by atoms with Crippen LogP contribution in [-0.2, 0) is 4.79 Å². The monoisotopic (exact) mass is 247 g/mol. The fourth-order valence-electron chi connectivity index (χ4n) is 2.23. The first kappa shape index (κ1) is 13.1. The highest BCUT2D eigenvalue weighted by atomic mass is 16.2. The summed E-state index contributed by atoms with van der Waals surface area (Å²) in [5, 5.41) is 6.21. The third-order valence-corrected chi connectivity index (χ3v) is 3.26. The summed E-state index contributed by atoms with van der Waals surface area (Å²) in [5.74, 6) is 0.341. The molecule has 0 radical (unpaired) electrons. The Labute approximate surface area is 108 Å². The molecule has 0 bridgehead atoms. The lowest BCUT2D eigenvalue weighted by Crippen LogP contribution is -2.47. The predicted octanol–water partition coefficient (Wildman–Crippen LogP) is 1.51. The first-order chi connectivity index (χ1) is 8.59. The molecule has 2 rings (SSSR count). The Morgan fingerprint density at radius 1 is 1.39 bits per heavy atom. The average Bonchev–Trinajstić information content (AvgIpc) is 3.13. The number of amides is 1. The molecule has 0 aromatic heterocycles. The van der Waals surface area contributed by atoms with Crippen LogP contribution in [0.2, 0.25) is 0 Å². The molecule has 2 atom stereocenters. The fourth-order valence-corrected chi connectivity index (χ4v) is 2.23. The van der Waals surface area contributed by atoms with Crippen LogP contribution in [0.5, 0.6) is 0 Å². The number of carbonyl (C=O) groups excluding carboxylic acids is 1. The molecule has 1 aliphatic heterocycles. The van der Waals surface area contributed by atoms with Gasteiger partial charge in [0.25, 0.3) is 0 Å². The molecule has 1 fully saturated rings. The molecule has 1 amide bonds. The molecular formula is C14H21N3O. The quantitative estimate of drug-likeness (QED) is 0.776. The van der Waals surface area contributed by atoms with Gasteiger partial charge < -0.3 is 5.32 Å². The highest BCUT2D eigenvalue weighted by Gasteiger charge is 2.35. The topological polar surface area (TPSA) is 54.3 Å². The minimum Gasteiger partial charge on any atom is -0.325 e. The van der Waals surface area contributed by atoms with Crippen molar-refractivity contribution in [1.29, 1.82) is 0 Å². The Balaban J connectivity index is 2.04. The molecule has 1 aromatic rings. The molecule has 1 saturated heterocycles. The van der Waals surface area contributed by atoms with Crippen molar-refractivity contribution < 1.29 is 4.79 Å². The van der Waals surface area contributed by atoms with Crippen molar-refractivity contribution >= 4 is 11.6 Å². The molecule has 1 aliphatic rings. The maximum absolute atomic E-state index is 12.3. The van der Waals surface area contributed by atoms with E-state index in [0.29, 0.717) is 6.17 Å². The van der Waals surface area contributed by atoms with Gasteiger partial charge in [0.2, 0.25) is 5.91 Å². The second kappa shape index (κ2) is 5.50. The normalized spacial score (nSPS) is 19.9. The summed E-state index contributed by atoms with van der Waals surface area (Å²) in [6.07, 6.45) is 0.346. The zero-order valence-electron chi connectivity index (χ0n) is 11.2. The maximum Gasteiger partial charge on any atom is 0.242 e. The van der Waals surface area contributed by atoms with Gasteiger partial charge in [-0.05, 0) is 25.1 Å². The standard InChI is InChI=1S/C14H21N3O/c1-10(2)13(17(3)12-9-15-12)14(18)16-11-7-5-4-6-8-11/h4-8,10,12-13,15H,9H2,1-3H3,(H,16,18)/t12-,13+/m1/s1. The van der Waals surface area contributed by atoms with Crippen LogP contribution >= 0.6 is 0 Å². The van der Waals surface area contributed by atoms with Gasteiger partial charge in [-0.2, -0.15) is 0 Å². The first-order valence-electron chi connectivity index (χ1n) is 6.41. The molecule has 98 valence electrons. The van der Waals surface area contributed by atoms with Crippen molar-refractivity contribution in [3.8, 4) is 0 Å². The maximum atomic E-state index is 12.3. The number of anilines is 1. The largest absolute Gasteiger partial charge is 0.325 e. The Morgan fingerprint density at radius 3 is 2.50 bits per heavy atom. The molecule has 0 spiro atoms. The van der Waals surface area contributed by atoms with E-state index in [1.807, 2.05) is 37.4 Å². The lowest BCUT2D eigenvalue weighted by Gasteiger charge is -2.29. The van der Waals surface area contributed by atoms with E-state index < -0.39 is 0 Å². The van der Waals surface area contributed by atoms with Crippen LogP contribution in [0.25, 0.3) is 0 Å². The number of benzene rings is 1. The van der Waals surface area contributed by atoms with Gasteiger partial charge in [-0.1, -0.05) is 32.0 Å². The van der Waals surface area contributed by atoms with Crippen molar-refractivity contribution in [2.24, 2.45) is 5.92 Å². The second-order valence-electron chi connectivity index (χ2n) is 5.13. The van der Waals surface area contributed by atoms with Crippen LogP contribution in [0.15, 0.2) is 30.3 Å². The third-order valence-electron chi connectivity index (χ3n) is 3.26. The van der Waals surface area contributed by atoms with Gasteiger partial charge in [0.05, 0.1) is 12.2 Å². The number of carbonyl (C=O) groups is 1. The fraction of sp³-hybridized carbons (Fsp3) is 0.500. The number of hydrogen-bond acceptors (Lipinski definition) is 3. The number of nitrogens with one attached hydrogen (secondary N) is 2. The van der Waals surface area contributed by atoms with Gasteiger partial charge in [0.15, 0.2) is 0 Å². The van der Waals surface area contributed by atoms with E-state index in [1.165, 1.54) is 0 Å². The van der Waals surface area contributed by atoms with Gasteiger partial charge in [-0.15, -0.1) is 0 Å². The number of nitrogens with zero attached hydrogens (tertiary/aromatic N) is 1. The van der Waals surface area contributed by atoms with Crippen LogP contribution < -0.4 is 10.6 Å². The summed E-state index contributed by atoms with van der Waals surface area (Å²) in [4.78, 5) is 14.5. The number of likely N-dealkylation sites (N-methyl/N-ethyl adjacent to an activating group) is 1. The molecule has 0 unspecified atom stereocenters.